The summed E-state index contributed by atoms with van der Waals surface area (Å²) in [6.45, 7) is 5.69. The summed E-state index contributed by atoms with van der Waals surface area (Å²) < 4.78 is 45.3. The fourth-order valence-electron chi connectivity index (χ4n) is 2.72. The molecule has 0 unspecified atom stereocenters. The number of nitrogens with one attached hydrogen (secondary N) is 3. The number of methoxy groups -OCH3 is 1. The normalized spacial score (nSPS) is 12.6. The molecule has 2 aromatic heterocycles. The molecule has 0 aliphatic heterocycles. The Morgan fingerprint density at radius 1 is 1.29 bits per heavy atom. The standard InChI is InChI=1S/C18H17ClF3N5O/c1-9(11-4-6-12(19)7-5-11)23-10(2)24-14-8-13-15(17(28-3)27-26-13)16(25-14)18(20,21)22/h4-9,23H,2H2,1,3H3,(H,24,25)(H,26,27)/t9-/m1/s1. The van der Waals surface area contributed by atoms with E-state index < -0.39 is 11.9 Å². The highest BCUT2D eigenvalue weighted by Crippen LogP contribution is 2.38. The van der Waals surface area contributed by atoms with E-state index in [0.29, 0.717) is 5.02 Å². The van der Waals surface area contributed by atoms with Gasteiger partial charge in [0.2, 0.25) is 5.88 Å². The average Bonchev–Trinajstić information content (AvgIpc) is 3.03. The van der Waals surface area contributed by atoms with Gasteiger partial charge in [-0.2, -0.15) is 13.2 Å². The lowest BCUT2D eigenvalue weighted by molar-refractivity contribution is -0.139. The van der Waals surface area contributed by atoms with Crippen LogP contribution in [0.1, 0.15) is 24.2 Å². The zero-order valence-corrected chi connectivity index (χ0v) is 15.7. The van der Waals surface area contributed by atoms with Crippen molar-refractivity contribution in [2.75, 3.05) is 12.4 Å². The van der Waals surface area contributed by atoms with E-state index in [0.717, 1.165) is 5.56 Å². The van der Waals surface area contributed by atoms with Crippen molar-refractivity contribution >= 4 is 28.3 Å². The minimum absolute atomic E-state index is 0.0352. The fourth-order valence-corrected chi connectivity index (χ4v) is 2.85. The van der Waals surface area contributed by atoms with Gasteiger partial charge in [-0.3, -0.25) is 5.10 Å². The number of halogens is 4. The number of fused-ring (bicyclic) bond motifs is 1. The molecule has 3 N–H and O–H groups in total. The first-order chi connectivity index (χ1) is 13.2. The van der Waals surface area contributed by atoms with Gasteiger partial charge in [-0.1, -0.05) is 30.3 Å². The molecule has 3 rings (SSSR count). The van der Waals surface area contributed by atoms with Gasteiger partial charge >= 0.3 is 6.18 Å². The molecule has 148 valence electrons. The van der Waals surface area contributed by atoms with Crippen LogP contribution >= 0.6 is 11.6 Å². The van der Waals surface area contributed by atoms with Crippen molar-refractivity contribution < 1.29 is 17.9 Å². The van der Waals surface area contributed by atoms with Crippen LogP contribution < -0.4 is 15.4 Å². The van der Waals surface area contributed by atoms with Crippen LogP contribution in [0.3, 0.4) is 0 Å². The number of H-pyrrole nitrogens is 1. The van der Waals surface area contributed by atoms with Gasteiger partial charge in [0.05, 0.1) is 23.8 Å². The third kappa shape index (κ3) is 4.14. The minimum Gasteiger partial charge on any atom is -0.479 e. The number of rotatable bonds is 6. The van der Waals surface area contributed by atoms with Crippen molar-refractivity contribution in [1.82, 2.24) is 20.5 Å². The molecule has 0 bridgehead atoms. The highest BCUT2D eigenvalue weighted by atomic mass is 35.5. The van der Waals surface area contributed by atoms with E-state index in [9.17, 15) is 13.2 Å². The van der Waals surface area contributed by atoms with Gasteiger partial charge in [-0.05, 0) is 24.6 Å². The zero-order valence-electron chi connectivity index (χ0n) is 15.0. The average molecular weight is 412 g/mol. The van der Waals surface area contributed by atoms with Crippen LogP contribution in [0.5, 0.6) is 5.88 Å². The lowest BCUT2D eigenvalue weighted by Crippen LogP contribution is -2.23. The van der Waals surface area contributed by atoms with Crippen LogP contribution in [-0.2, 0) is 6.18 Å². The molecule has 1 atom stereocenters. The highest BCUT2D eigenvalue weighted by Gasteiger charge is 2.37. The maximum atomic E-state index is 13.5. The molecule has 0 aliphatic carbocycles. The van der Waals surface area contributed by atoms with Crippen molar-refractivity contribution in [2.24, 2.45) is 0 Å². The Hall–Kier alpha value is -2.94. The summed E-state index contributed by atoms with van der Waals surface area (Å²) >= 11 is 5.87. The Morgan fingerprint density at radius 2 is 1.96 bits per heavy atom. The molecule has 0 spiro atoms. The lowest BCUT2D eigenvalue weighted by atomic mass is 10.1. The van der Waals surface area contributed by atoms with Crippen LogP contribution in [0.25, 0.3) is 10.9 Å². The van der Waals surface area contributed by atoms with E-state index in [-0.39, 0.29) is 34.5 Å². The van der Waals surface area contributed by atoms with Gasteiger partial charge in [-0.15, -0.1) is 5.10 Å². The first-order valence-electron chi connectivity index (χ1n) is 8.17. The second kappa shape index (κ2) is 7.59. The largest absolute Gasteiger partial charge is 0.479 e. The van der Waals surface area contributed by atoms with Crippen molar-refractivity contribution in [2.45, 2.75) is 19.1 Å². The van der Waals surface area contributed by atoms with Gasteiger partial charge in [-0.25, -0.2) is 4.98 Å². The van der Waals surface area contributed by atoms with Crippen LogP contribution in [0.4, 0.5) is 19.0 Å². The van der Waals surface area contributed by atoms with Gasteiger partial charge in [0, 0.05) is 17.1 Å². The number of aromatic nitrogens is 3. The smallest absolute Gasteiger partial charge is 0.434 e. The van der Waals surface area contributed by atoms with E-state index >= 15 is 0 Å². The van der Waals surface area contributed by atoms with Crippen LogP contribution in [0.15, 0.2) is 42.7 Å². The molecule has 10 heteroatoms. The monoisotopic (exact) mass is 411 g/mol. The molecule has 1 aromatic carbocycles. The molecular formula is C18H17ClF3N5O. The fraction of sp³-hybridized carbons (Fsp3) is 0.222. The number of alkyl halides is 3. The minimum atomic E-state index is -4.68. The first kappa shape index (κ1) is 19.8. The summed E-state index contributed by atoms with van der Waals surface area (Å²) in [5.41, 5.74) is -0.0260. The van der Waals surface area contributed by atoms with Crippen LogP contribution in [0.2, 0.25) is 5.02 Å². The predicted molar refractivity (Wildman–Crippen MR) is 101 cm³/mol. The molecule has 3 aromatic rings. The van der Waals surface area contributed by atoms with E-state index in [4.69, 9.17) is 16.3 Å². The summed E-state index contributed by atoms with van der Waals surface area (Å²) in [6.07, 6.45) is -4.68. The van der Waals surface area contributed by atoms with Gasteiger partial charge in [0.1, 0.15) is 5.82 Å². The lowest BCUT2D eigenvalue weighted by Gasteiger charge is -2.19. The van der Waals surface area contributed by atoms with Crippen LogP contribution in [0, 0.1) is 0 Å². The van der Waals surface area contributed by atoms with Crippen molar-refractivity contribution in [3.8, 4) is 5.88 Å². The van der Waals surface area contributed by atoms with Gasteiger partial charge < -0.3 is 15.4 Å². The highest BCUT2D eigenvalue weighted by molar-refractivity contribution is 6.30. The van der Waals surface area contributed by atoms with E-state index in [1.165, 1.54) is 13.2 Å². The third-order valence-electron chi connectivity index (χ3n) is 4.01. The number of hydrogen-bond donors (Lipinski definition) is 3. The quantitative estimate of drug-likeness (QED) is 0.539. The summed E-state index contributed by atoms with van der Waals surface area (Å²) in [7, 11) is 1.24. The second-order valence-electron chi connectivity index (χ2n) is 6.03. The number of hydrogen-bond acceptors (Lipinski definition) is 5. The van der Waals surface area contributed by atoms with E-state index in [1.54, 1.807) is 12.1 Å². The molecule has 6 nitrogen and oxygen atoms in total. The summed E-state index contributed by atoms with van der Waals surface area (Å²) in [4.78, 5) is 3.69. The number of nitrogens with zero attached hydrogens (tertiary/aromatic N) is 2. The molecule has 0 amide bonds. The molecule has 2 heterocycles. The van der Waals surface area contributed by atoms with Crippen molar-refractivity contribution in [3.05, 3.63) is 59.0 Å². The molecule has 0 saturated heterocycles. The Labute approximate surface area is 163 Å². The van der Waals surface area contributed by atoms with Crippen LogP contribution in [-0.4, -0.2) is 22.3 Å². The molecular weight excluding hydrogens is 395 g/mol. The molecule has 28 heavy (non-hydrogen) atoms. The van der Waals surface area contributed by atoms with Crippen molar-refractivity contribution in [1.29, 1.82) is 0 Å². The topological polar surface area (TPSA) is 74.9 Å². The molecule has 0 radical (unpaired) electrons. The van der Waals surface area contributed by atoms with E-state index in [1.807, 2.05) is 19.1 Å². The Bertz CT molecular complexity index is 1000. The van der Waals surface area contributed by atoms with Crippen molar-refractivity contribution in [3.63, 3.8) is 0 Å². The number of pyridine rings is 1. The number of ether oxygens (including phenoxy) is 1. The molecule has 0 saturated carbocycles. The first-order valence-corrected chi connectivity index (χ1v) is 8.55. The van der Waals surface area contributed by atoms with Gasteiger partial charge in [0.25, 0.3) is 0 Å². The van der Waals surface area contributed by atoms with E-state index in [2.05, 4.69) is 32.4 Å². The number of aromatic amines is 1. The Morgan fingerprint density at radius 3 is 2.57 bits per heavy atom. The number of anilines is 1. The third-order valence-corrected chi connectivity index (χ3v) is 4.26. The summed E-state index contributed by atoms with van der Waals surface area (Å²) in [5.74, 6) is 0.0792. The SMILES string of the molecule is C=C(Nc1cc2[nH]nc(OC)c2c(C(F)(F)F)n1)N[C@H](C)c1ccc(Cl)cc1. The Kier molecular flexibility index (Phi) is 5.37. The maximum absolute atomic E-state index is 13.5. The van der Waals surface area contributed by atoms with Gasteiger partial charge in [0.15, 0.2) is 5.69 Å². The molecule has 0 aliphatic rings. The summed E-state index contributed by atoms with van der Waals surface area (Å²) in [5, 5.41) is 12.5. The second-order valence-corrected chi connectivity index (χ2v) is 6.47. The predicted octanol–water partition coefficient (Wildman–Crippen LogP) is 4.87. The Balaban J connectivity index is 1.83. The number of benzene rings is 1. The maximum Gasteiger partial charge on any atom is 0.434 e. The zero-order chi connectivity index (χ0) is 20.5. The summed E-state index contributed by atoms with van der Waals surface area (Å²) in [6, 6.07) is 8.44. The molecule has 0 fully saturated rings.